The normalized spacial score (nSPS) is 16.3. The third kappa shape index (κ3) is 4.14. The van der Waals surface area contributed by atoms with Crippen LogP contribution in [0.2, 0.25) is 0 Å². The summed E-state index contributed by atoms with van der Waals surface area (Å²) >= 11 is 0. The first-order valence-corrected chi connectivity index (χ1v) is 7.37. The Morgan fingerprint density at radius 1 is 1.30 bits per heavy atom. The number of ether oxygens (including phenoxy) is 2. The molecule has 1 unspecified atom stereocenters. The number of nitrogens with zero attached hydrogens (tertiary/aromatic N) is 1. The summed E-state index contributed by atoms with van der Waals surface area (Å²) in [6.07, 6.45) is -1.33. The first-order chi connectivity index (χ1) is 11.0. The van der Waals surface area contributed by atoms with Gasteiger partial charge >= 0.3 is 5.97 Å². The number of aliphatic hydroxyl groups is 1. The molecule has 1 aliphatic rings. The van der Waals surface area contributed by atoms with Crippen LogP contribution in [0.1, 0.15) is 35.5 Å². The predicted molar refractivity (Wildman–Crippen MR) is 79.5 cm³/mol. The van der Waals surface area contributed by atoms with Crippen molar-refractivity contribution in [1.29, 1.82) is 0 Å². The van der Waals surface area contributed by atoms with E-state index < -0.39 is 12.2 Å². The number of fused-ring (bicyclic) bond motifs is 1. The molecule has 1 aromatic rings. The van der Waals surface area contributed by atoms with Crippen LogP contribution in [-0.4, -0.2) is 54.0 Å². The molecule has 0 aliphatic carbocycles. The Hall–Kier alpha value is -2.25. The molecule has 0 fully saturated rings. The molecule has 7 nitrogen and oxygen atoms in total. The van der Waals surface area contributed by atoms with Crippen molar-refractivity contribution in [3.63, 3.8) is 0 Å². The van der Waals surface area contributed by atoms with Crippen LogP contribution in [0.25, 0.3) is 0 Å². The standard InChI is InChI=1S/C16H19NO6/c1-2-23-14(19)9-11(18)10-22-8-7-17-15(20)12-5-3-4-6-13(12)16(17)21/h3-6,15,20H,2,7-10H2,1H3. The Labute approximate surface area is 133 Å². The summed E-state index contributed by atoms with van der Waals surface area (Å²) in [7, 11) is 0. The highest BCUT2D eigenvalue weighted by Gasteiger charge is 2.34. The quantitative estimate of drug-likeness (QED) is 0.430. The van der Waals surface area contributed by atoms with Crippen molar-refractivity contribution in [3.8, 4) is 0 Å². The Morgan fingerprint density at radius 2 is 2.04 bits per heavy atom. The lowest BCUT2D eigenvalue weighted by Gasteiger charge is -2.20. The molecule has 0 radical (unpaired) electrons. The summed E-state index contributed by atoms with van der Waals surface area (Å²) in [5.74, 6) is -1.24. The molecule has 7 heteroatoms. The Balaban J connectivity index is 1.74. The van der Waals surface area contributed by atoms with Gasteiger partial charge in [-0.2, -0.15) is 0 Å². The molecule has 124 valence electrons. The van der Waals surface area contributed by atoms with Gasteiger partial charge in [-0.1, -0.05) is 18.2 Å². The van der Waals surface area contributed by atoms with Gasteiger partial charge < -0.3 is 19.5 Å². The first-order valence-electron chi connectivity index (χ1n) is 7.37. The molecule has 0 bridgehead atoms. The van der Waals surface area contributed by atoms with Crippen LogP contribution in [0.4, 0.5) is 0 Å². The number of hydrogen-bond donors (Lipinski definition) is 1. The summed E-state index contributed by atoms with van der Waals surface area (Å²) in [6, 6.07) is 6.84. The first kappa shape index (κ1) is 17.1. The number of benzene rings is 1. The topological polar surface area (TPSA) is 93.1 Å². The number of ketones is 1. The fourth-order valence-electron chi connectivity index (χ4n) is 2.35. The van der Waals surface area contributed by atoms with Crippen molar-refractivity contribution in [2.45, 2.75) is 19.6 Å². The van der Waals surface area contributed by atoms with Crippen LogP contribution in [0.15, 0.2) is 24.3 Å². The van der Waals surface area contributed by atoms with Gasteiger partial charge in [-0.25, -0.2) is 0 Å². The van der Waals surface area contributed by atoms with Crippen molar-refractivity contribution < 1.29 is 29.0 Å². The second-order valence-corrected chi connectivity index (χ2v) is 5.03. The van der Waals surface area contributed by atoms with Crippen molar-refractivity contribution in [2.75, 3.05) is 26.4 Å². The van der Waals surface area contributed by atoms with Crippen molar-refractivity contribution >= 4 is 17.7 Å². The Kier molecular flexibility index (Phi) is 5.84. The monoisotopic (exact) mass is 321 g/mol. The Bertz CT molecular complexity index is 600. The molecule has 1 atom stereocenters. The molecule has 1 aliphatic heterocycles. The molecule has 1 amide bonds. The lowest BCUT2D eigenvalue weighted by molar-refractivity contribution is -0.146. The van der Waals surface area contributed by atoms with Crippen LogP contribution in [-0.2, 0) is 19.1 Å². The summed E-state index contributed by atoms with van der Waals surface area (Å²) in [5, 5.41) is 10.1. The molecule has 0 saturated heterocycles. The predicted octanol–water partition coefficient (Wildman–Crippen LogP) is 0.672. The largest absolute Gasteiger partial charge is 0.466 e. The minimum absolute atomic E-state index is 0.0886. The van der Waals surface area contributed by atoms with Gasteiger partial charge in [0.05, 0.1) is 13.2 Å². The molecule has 1 N–H and O–H groups in total. The average molecular weight is 321 g/mol. The second kappa shape index (κ2) is 7.85. The van der Waals surface area contributed by atoms with E-state index in [-0.39, 0.29) is 44.5 Å². The van der Waals surface area contributed by atoms with Gasteiger partial charge in [0.1, 0.15) is 13.0 Å². The number of Topliss-reactive ketones (excluding diaryl/α,β-unsaturated/α-hetero) is 1. The maximum atomic E-state index is 12.1. The van der Waals surface area contributed by atoms with Gasteiger partial charge in [-0.3, -0.25) is 14.4 Å². The molecular weight excluding hydrogens is 302 g/mol. The minimum Gasteiger partial charge on any atom is -0.466 e. The molecule has 23 heavy (non-hydrogen) atoms. The zero-order chi connectivity index (χ0) is 16.8. The van der Waals surface area contributed by atoms with E-state index in [1.54, 1.807) is 31.2 Å². The number of amides is 1. The lowest BCUT2D eigenvalue weighted by Crippen LogP contribution is -2.32. The highest BCUT2D eigenvalue weighted by Crippen LogP contribution is 2.30. The maximum Gasteiger partial charge on any atom is 0.313 e. The van der Waals surface area contributed by atoms with Crippen molar-refractivity contribution in [1.82, 2.24) is 4.90 Å². The van der Waals surface area contributed by atoms with Crippen molar-refractivity contribution in [3.05, 3.63) is 35.4 Å². The summed E-state index contributed by atoms with van der Waals surface area (Å²) < 4.78 is 9.83. The average Bonchev–Trinajstić information content (AvgIpc) is 2.76. The number of rotatable bonds is 8. The smallest absolute Gasteiger partial charge is 0.313 e. The number of carbonyl (C=O) groups is 3. The SMILES string of the molecule is CCOC(=O)CC(=O)COCCN1C(=O)c2ccccc2C1O. The third-order valence-corrected chi connectivity index (χ3v) is 3.41. The van der Waals surface area contributed by atoms with E-state index in [0.29, 0.717) is 11.1 Å². The summed E-state index contributed by atoms with van der Waals surface area (Å²) in [6.45, 7) is 1.90. The van der Waals surface area contributed by atoms with Crippen LogP contribution < -0.4 is 0 Å². The number of hydrogen-bond acceptors (Lipinski definition) is 6. The van der Waals surface area contributed by atoms with E-state index in [9.17, 15) is 19.5 Å². The van der Waals surface area contributed by atoms with Crippen LogP contribution >= 0.6 is 0 Å². The van der Waals surface area contributed by atoms with E-state index in [4.69, 9.17) is 4.74 Å². The van der Waals surface area contributed by atoms with E-state index in [2.05, 4.69) is 4.74 Å². The molecule has 2 rings (SSSR count). The van der Waals surface area contributed by atoms with E-state index >= 15 is 0 Å². The zero-order valence-electron chi connectivity index (χ0n) is 12.9. The van der Waals surface area contributed by atoms with E-state index in [1.165, 1.54) is 4.90 Å². The van der Waals surface area contributed by atoms with Crippen molar-refractivity contribution in [2.24, 2.45) is 0 Å². The van der Waals surface area contributed by atoms with Gasteiger partial charge in [-0.15, -0.1) is 0 Å². The molecular formula is C16H19NO6. The lowest BCUT2D eigenvalue weighted by atomic mass is 10.1. The van der Waals surface area contributed by atoms with E-state index in [1.807, 2.05) is 0 Å². The molecule has 1 aromatic carbocycles. The van der Waals surface area contributed by atoms with E-state index in [0.717, 1.165) is 0 Å². The number of carbonyl (C=O) groups excluding carboxylic acids is 3. The second-order valence-electron chi connectivity index (χ2n) is 5.03. The fraction of sp³-hybridized carbons (Fsp3) is 0.438. The van der Waals surface area contributed by atoms with Crippen LogP contribution in [0.5, 0.6) is 0 Å². The highest BCUT2D eigenvalue weighted by molar-refractivity contribution is 5.99. The fourth-order valence-corrected chi connectivity index (χ4v) is 2.35. The highest BCUT2D eigenvalue weighted by atomic mass is 16.5. The molecule has 0 saturated carbocycles. The summed E-state index contributed by atoms with van der Waals surface area (Å²) in [5.41, 5.74) is 1.04. The molecule has 0 spiro atoms. The maximum absolute atomic E-state index is 12.1. The van der Waals surface area contributed by atoms with Crippen LogP contribution in [0, 0.1) is 0 Å². The number of aliphatic hydroxyl groups excluding tert-OH is 1. The Morgan fingerprint density at radius 3 is 2.74 bits per heavy atom. The molecule has 1 heterocycles. The molecule has 0 aromatic heterocycles. The summed E-state index contributed by atoms with van der Waals surface area (Å²) in [4.78, 5) is 36.0. The number of esters is 1. The zero-order valence-corrected chi connectivity index (χ0v) is 12.9. The van der Waals surface area contributed by atoms with Gasteiger partial charge in [0.15, 0.2) is 12.0 Å². The van der Waals surface area contributed by atoms with Gasteiger partial charge in [0.2, 0.25) is 0 Å². The van der Waals surface area contributed by atoms with Crippen LogP contribution in [0.3, 0.4) is 0 Å². The van der Waals surface area contributed by atoms with Gasteiger partial charge in [0, 0.05) is 17.7 Å². The van der Waals surface area contributed by atoms with Gasteiger partial charge in [-0.05, 0) is 13.0 Å². The van der Waals surface area contributed by atoms with Gasteiger partial charge in [0.25, 0.3) is 5.91 Å². The third-order valence-electron chi connectivity index (χ3n) is 3.41. The minimum atomic E-state index is -1.00.